The van der Waals surface area contributed by atoms with Crippen LogP contribution in [0.5, 0.6) is 0 Å². The Hall–Kier alpha value is -2.94. The minimum absolute atomic E-state index is 0.340. The fourth-order valence-corrected chi connectivity index (χ4v) is 5.77. The van der Waals surface area contributed by atoms with Crippen LogP contribution in [-0.4, -0.2) is 32.3 Å². The lowest BCUT2D eigenvalue weighted by atomic mass is 9.56. The average Bonchev–Trinajstić information content (AvgIpc) is 3.49. The first kappa shape index (κ1) is 19.7. The lowest BCUT2D eigenvalue weighted by Crippen LogP contribution is -2.44. The number of nitrogens with zero attached hydrogens (tertiary/aromatic N) is 6. The van der Waals surface area contributed by atoms with Gasteiger partial charge in [0.2, 0.25) is 0 Å². The van der Waals surface area contributed by atoms with Crippen molar-refractivity contribution in [2.45, 2.75) is 58.9 Å². The summed E-state index contributed by atoms with van der Waals surface area (Å²) < 4.78 is 1.90. The summed E-state index contributed by atoms with van der Waals surface area (Å²) in [6.45, 7) is 8.20. The molecular weight excluding hydrogens is 396 g/mol. The van der Waals surface area contributed by atoms with E-state index in [0.29, 0.717) is 28.2 Å². The number of aromatic nitrogens is 4. The topological polar surface area (TPSA) is 70.6 Å². The standard InChI is InChI=1S/C20H23N5.C6H7N/c1-19(2,3)20-9-15(10-20)24(12-20)17-8-18(22-13-21-17)25-16-7-5-4-6-14(16)11-23-25;7-4-5-3-6(5)1-2-6/h4-8,11,13,15H,9-10,12H2,1-3H3;5H,1-3H2. The normalized spacial score (nSPS) is 28.6. The zero-order chi connectivity index (χ0) is 22.1. The number of nitriles is 1. The molecule has 1 spiro atoms. The molecule has 6 heteroatoms. The lowest BCUT2D eigenvalue weighted by Gasteiger charge is -2.47. The van der Waals surface area contributed by atoms with E-state index in [2.05, 4.69) is 65.0 Å². The van der Waals surface area contributed by atoms with Gasteiger partial charge in [-0.2, -0.15) is 10.4 Å². The monoisotopic (exact) mass is 426 g/mol. The van der Waals surface area contributed by atoms with Gasteiger partial charge >= 0.3 is 0 Å². The van der Waals surface area contributed by atoms with E-state index in [1.54, 1.807) is 6.33 Å². The van der Waals surface area contributed by atoms with Crippen molar-refractivity contribution in [3.05, 3.63) is 42.9 Å². The van der Waals surface area contributed by atoms with E-state index in [-0.39, 0.29) is 0 Å². The SMILES string of the molecule is CC(C)(C)C12CC(C1)N(c1cc(-n3ncc4ccccc43)ncn1)C2.N#CC1CC12CC2. The van der Waals surface area contributed by atoms with Crippen LogP contribution in [0.25, 0.3) is 16.7 Å². The average molecular weight is 427 g/mol. The zero-order valence-electron chi connectivity index (χ0n) is 19.1. The molecule has 1 atom stereocenters. The third kappa shape index (κ3) is 2.94. The van der Waals surface area contributed by atoms with Crippen LogP contribution >= 0.6 is 0 Å². The molecule has 4 heterocycles. The van der Waals surface area contributed by atoms with Crippen molar-refractivity contribution in [3.8, 4) is 11.9 Å². The number of rotatable bonds is 2. The molecule has 3 aliphatic carbocycles. The summed E-state index contributed by atoms with van der Waals surface area (Å²) >= 11 is 0. The van der Waals surface area contributed by atoms with Crippen LogP contribution in [0.15, 0.2) is 42.9 Å². The second-order valence-corrected chi connectivity index (χ2v) is 11.3. The molecule has 32 heavy (non-hydrogen) atoms. The Labute approximate surface area is 189 Å². The summed E-state index contributed by atoms with van der Waals surface area (Å²) in [7, 11) is 0. The Morgan fingerprint density at radius 2 is 1.81 bits per heavy atom. The Kier molecular flexibility index (Phi) is 4.03. The first-order valence-corrected chi connectivity index (χ1v) is 11.8. The summed E-state index contributed by atoms with van der Waals surface area (Å²) in [4.78, 5) is 11.5. The molecule has 2 aliphatic heterocycles. The molecule has 1 aromatic carbocycles. The third-order valence-electron chi connectivity index (χ3n) is 8.62. The van der Waals surface area contributed by atoms with Gasteiger partial charge in [0, 0.05) is 24.0 Å². The zero-order valence-corrected chi connectivity index (χ0v) is 19.1. The predicted octanol–water partition coefficient (Wildman–Crippen LogP) is 5.14. The molecule has 3 saturated carbocycles. The number of para-hydroxylation sites is 1. The molecule has 164 valence electrons. The third-order valence-corrected chi connectivity index (χ3v) is 8.62. The quantitative estimate of drug-likeness (QED) is 0.567. The Morgan fingerprint density at radius 1 is 1.06 bits per heavy atom. The molecule has 8 rings (SSSR count). The molecule has 3 aromatic rings. The highest BCUT2D eigenvalue weighted by Gasteiger charge is 2.63. The smallest absolute Gasteiger partial charge is 0.159 e. The summed E-state index contributed by atoms with van der Waals surface area (Å²) in [6.07, 6.45) is 10.0. The summed E-state index contributed by atoms with van der Waals surface area (Å²) in [5.74, 6) is 2.32. The minimum Gasteiger partial charge on any atom is -0.353 e. The molecule has 2 aromatic heterocycles. The van der Waals surface area contributed by atoms with Gasteiger partial charge in [-0.3, -0.25) is 0 Å². The molecule has 2 bridgehead atoms. The van der Waals surface area contributed by atoms with E-state index in [9.17, 15) is 0 Å². The molecule has 6 nitrogen and oxygen atoms in total. The van der Waals surface area contributed by atoms with Crippen LogP contribution in [0.3, 0.4) is 0 Å². The molecule has 0 radical (unpaired) electrons. The Bertz CT molecular complexity index is 1220. The summed E-state index contributed by atoms with van der Waals surface area (Å²) in [5.41, 5.74) is 2.45. The first-order valence-electron chi connectivity index (χ1n) is 11.8. The predicted molar refractivity (Wildman–Crippen MR) is 124 cm³/mol. The van der Waals surface area contributed by atoms with Crippen LogP contribution in [0.1, 0.15) is 52.9 Å². The first-order chi connectivity index (χ1) is 15.3. The van der Waals surface area contributed by atoms with Crippen LogP contribution < -0.4 is 4.90 Å². The number of fused-ring (bicyclic) bond motifs is 2. The summed E-state index contributed by atoms with van der Waals surface area (Å²) in [5, 5.41) is 14.0. The Morgan fingerprint density at radius 3 is 2.44 bits per heavy atom. The highest BCUT2D eigenvalue weighted by molar-refractivity contribution is 5.79. The van der Waals surface area contributed by atoms with E-state index >= 15 is 0 Å². The number of anilines is 1. The molecule has 5 aliphatic rings. The second-order valence-electron chi connectivity index (χ2n) is 11.3. The fraction of sp³-hybridized carbons (Fsp3) is 0.538. The van der Waals surface area contributed by atoms with Crippen molar-refractivity contribution in [1.82, 2.24) is 19.7 Å². The van der Waals surface area contributed by atoms with Crippen LogP contribution in [0.4, 0.5) is 5.82 Å². The second kappa shape index (κ2) is 6.54. The highest BCUT2D eigenvalue weighted by atomic mass is 15.3. The van der Waals surface area contributed by atoms with Gasteiger partial charge in [0.1, 0.15) is 12.1 Å². The van der Waals surface area contributed by atoms with Gasteiger partial charge in [0.15, 0.2) is 5.82 Å². The molecular formula is C26H30N6. The van der Waals surface area contributed by atoms with Crippen LogP contribution in [0.2, 0.25) is 0 Å². The van der Waals surface area contributed by atoms with Gasteiger partial charge in [-0.1, -0.05) is 39.0 Å². The van der Waals surface area contributed by atoms with Gasteiger partial charge in [0.25, 0.3) is 0 Å². The van der Waals surface area contributed by atoms with Crippen molar-refractivity contribution in [1.29, 1.82) is 5.26 Å². The lowest BCUT2D eigenvalue weighted by molar-refractivity contribution is 0.0440. The summed E-state index contributed by atoms with van der Waals surface area (Å²) in [6, 6.07) is 13.2. The maximum absolute atomic E-state index is 8.33. The van der Waals surface area contributed by atoms with Crippen LogP contribution in [-0.2, 0) is 0 Å². The van der Waals surface area contributed by atoms with Crippen LogP contribution in [0, 0.1) is 33.5 Å². The van der Waals surface area contributed by atoms with Gasteiger partial charge in [-0.25, -0.2) is 14.6 Å². The van der Waals surface area contributed by atoms with Crippen molar-refractivity contribution >= 4 is 16.7 Å². The maximum Gasteiger partial charge on any atom is 0.159 e. The van der Waals surface area contributed by atoms with E-state index in [1.807, 2.05) is 23.0 Å². The van der Waals surface area contributed by atoms with Gasteiger partial charge in [0.05, 0.1) is 23.7 Å². The molecule has 2 saturated heterocycles. The molecule has 1 unspecified atom stereocenters. The number of hydrogen-bond donors (Lipinski definition) is 0. The van der Waals surface area contributed by atoms with Gasteiger partial charge < -0.3 is 4.90 Å². The molecule has 0 amide bonds. The van der Waals surface area contributed by atoms with Crippen molar-refractivity contribution in [3.63, 3.8) is 0 Å². The van der Waals surface area contributed by atoms with Crippen molar-refractivity contribution in [2.75, 3.05) is 11.4 Å². The minimum atomic E-state index is 0.340. The number of hydrogen-bond acceptors (Lipinski definition) is 5. The largest absolute Gasteiger partial charge is 0.353 e. The number of benzene rings is 1. The highest BCUT2D eigenvalue weighted by Crippen LogP contribution is 2.70. The van der Waals surface area contributed by atoms with E-state index in [1.165, 1.54) is 32.1 Å². The maximum atomic E-state index is 8.33. The van der Waals surface area contributed by atoms with Gasteiger partial charge in [-0.15, -0.1) is 0 Å². The van der Waals surface area contributed by atoms with Gasteiger partial charge in [-0.05, 0) is 54.4 Å². The Balaban J connectivity index is 0.000000236. The van der Waals surface area contributed by atoms with Crippen molar-refractivity contribution < 1.29 is 0 Å². The van der Waals surface area contributed by atoms with E-state index in [4.69, 9.17) is 5.26 Å². The fourth-order valence-electron chi connectivity index (χ4n) is 5.77. The molecule has 5 fully saturated rings. The van der Waals surface area contributed by atoms with E-state index in [0.717, 1.165) is 29.1 Å². The van der Waals surface area contributed by atoms with E-state index < -0.39 is 0 Å². The van der Waals surface area contributed by atoms with Crippen molar-refractivity contribution in [2.24, 2.45) is 22.2 Å². The molecule has 0 N–H and O–H groups in total.